The van der Waals surface area contributed by atoms with E-state index < -0.39 is 32.1 Å². The Bertz CT molecular complexity index is 1550. The van der Waals surface area contributed by atoms with Crippen LogP contribution in [0.2, 0.25) is 0 Å². The number of benzene rings is 1. The van der Waals surface area contributed by atoms with Crippen LogP contribution in [0.25, 0.3) is 11.3 Å². The summed E-state index contributed by atoms with van der Waals surface area (Å²) >= 11 is 0. The van der Waals surface area contributed by atoms with Gasteiger partial charge in [-0.1, -0.05) is 0 Å². The summed E-state index contributed by atoms with van der Waals surface area (Å²) in [6.07, 6.45) is 6.27. The number of nitrogens with one attached hydrogen (secondary N) is 2. The van der Waals surface area contributed by atoms with Gasteiger partial charge in [-0.3, -0.25) is 9.78 Å². The number of aromatic nitrogens is 6. The fourth-order valence-corrected chi connectivity index (χ4v) is 4.64. The van der Waals surface area contributed by atoms with E-state index in [4.69, 9.17) is 4.98 Å². The van der Waals surface area contributed by atoms with E-state index in [1.54, 1.807) is 17.9 Å². The standard InChI is InChI=1S/C23H24F2N8O2S/c1-12-7-18(31-30-12)27-22-19(13-5-6-13)20(14-10-26-32(2)11-14)28-23(29-22)33(3)21-16(24)8-15(9-17(21)25)36(4,34)35/h7-11,13H,5-6H2,1-4H3,(H2,27,28,29,30,31). The van der Waals surface area contributed by atoms with Gasteiger partial charge in [0.2, 0.25) is 5.95 Å². The molecule has 13 heteroatoms. The second-order valence-electron chi connectivity index (χ2n) is 8.94. The van der Waals surface area contributed by atoms with Crippen molar-refractivity contribution in [3.05, 3.63) is 53.5 Å². The van der Waals surface area contributed by atoms with Gasteiger partial charge in [-0.2, -0.15) is 15.2 Å². The summed E-state index contributed by atoms with van der Waals surface area (Å²) in [6.45, 7) is 1.87. The zero-order valence-corrected chi connectivity index (χ0v) is 20.9. The van der Waals surface area contributed by atoms with Gasteiger partial charge in [0, 0.05) is 49.4 Å². The molecule has 10 nitrogen and oxygen atoms in total. The van der Waals surface area contributed by atoms with Crippen LogP contribution in [0, 0.1) is 18.6 Å². The van der Waals surface area contributed by atoms with Crippen LogP contribution >= 0.6 is 0 Å². The molecule has 0 radical (unpaired) electrons. The maximum atomic E-state index is 15.0. The molecule has 3 aromatic heterocycles. The van der Waals surface area contributed by atoms with Crippen LogP contribution < -0.4 is 10.2 Å². The minimum absolute atomic E-state index is 0.0120. The first-order valence-corrected chi connectivity index (χ1v) is 13.0. The first-order chi connectivity index (χ1) is 17.0. The molecule has 1 fully saturated rings. The Hall–Kier alpha value is -3.87. The predicted octanol–water partition coefficient (Wildman–Crippen LogP) is 3.98. The lowest BCUT2D eigenvalue weighted by molar-refractivity contribution is 0.569. The van der Waals surface area contributed by atoms with Crippen LogP contribution in [0.5, 0.6) is 0 Å². The molecule has 188 valence electrons. The Balaban J connectivity index is 1.68. The summed E-state index contributed by atoms with van der Waals surface area (Å²) in [5.74, 6) is -0.870. The molecule has 1 aliphatic carbocycles. The van der Waals surface area contributed by atoms with Crippen LogP contribution in [-0.2, 0) is 16.9 Å². The monoisotopic (exact) mass is 514 g/mol. The maximum Gasteiger partial charge on any atom is 0.232 e. The molecule has 1 saturated carbocycles. The molecule has 0 unspecified atom stereocenters. The Morgan fingerprint density at radius 1 is 1.17 bits per heavy atom. The van der Waals surface area contributed by atoms with E-state index in [-0.39, 0.29) is 11.9 Å². The Kier molecular flexibility index (Phi) is 5.74. The number of sulfone groups is 1. The lowest BCUT2D eigenvalue weighted by Crippen LogP contribution is -2.19. The van der Waals surface area contributed by atoms with Gasteiger partial charge in [0.05, 0.1) is 16.8 Å². The highest BCUT2D eigenvalue weighted by molar-refractivity contribution is 7.90. The molecule has 0 atom stereocenters. The topological polar surface area (TPSA) is 122 Å². The molecule has 0 bridgehead atoms. The van der Waals surface area contributed by atoms with Gasteiger partial charge in [0.25, 0.3) is 0 Å². The molecule has 2 N–H and O–H groups in total. The van der Waals surface area contributed by atoms with E-state index >= 15 is 8.78 Å². The fourth-order valence-electron chi connectivity index (χ4n) is 4.01. The third-order valence-electron chi connectivity index (χ3n) is 5.90. The van der Waals surface area contributed by atoms with Crippen molar-refractivity contribution in [1.82, 2.24) is 29.9 Å². The van der Waals surface area contributed by atoms with Crippen LogP contribution in [0.15, 0.2) is 35.5 Å². The third kappa shape index (κ3) is 4.53. The van der Waals surface area contributed by atoms with Gasteiger partial charge < -0.3 is 10.2 Å². The third-order valence-corrected chi connectivity index (χ3v) is 7.00. The molecule has 5 rings (SSSR count). The number of rotatable bonds is 7. The summed E-state index contributed by atoms with van der Waals surface area (Å²) in [5.41, 5.74) is 2.56. The molecule has 36 heavy (non-hydrogen) atoms. The minimum Gasteiger partial charge on any atom is -0.323 e. The minimum atomic E-state index is -3.80. The number of nitrogens with zero attached hydrogens (tertiary/aromatic N) is 6. The average Bonchev–Trinajstić information content (AvgIpc) is 3.41. The molecule has 3 heterocycles. The van der Waals surface area contributed by atoms with Crippen molar-refractivity contribution >= 4 is 33.1 Å². The summed E-state index contributed by atoms with van der Waals surface area (Å²) in [5, 5.41) is 14.6. The zero-order valence-electron chi connectivity index (χ0n) is 20.0. The number of aromatic amines is 1. The zero-order chi connectivity index (χ0) is 25.8. The van der Waals surface area contributed by atoms with Crippen LogP contribution in [0.1, 0.15) is 30.0 Å². The first kappa shape index (κ1) is 23.9. The highest BCUT2D eigenvalue weighted by Gasteiger charge is 2.33. The highest BCUT2D eigenvalue weighted by Crippen LogP contribution is 2.48. The van der Waals surface area contributed by atoms with E-state index in [2.05, 4.69) is 25.6 Å². The summed E-state index contributed by atoms with van der Waals surface area (Å²) in [6, 6.07) is 3.39. The average molecular weight is 515 g/mol. The first-order valence-electron chi connectivity index (χ1n) is 11.1. The van der Waals surface area contributed by atoms with Gasteiger partial charge in [-0.15, -0.1) is 0 Å². The van der Waals surface area contributed by atoms with Crippen molar-refractivity contribution in [1.29, 1.82) is 0 Å². The molecule has 1 aliphatic rings. The highest BCUT2D eigenvalue weighted by atomic mass is 32.2. The molecular formula is C23H24F2N8O2S. The Morgan fingerprint density at radius 2 is 1.86 bits per heavy atom. The summed E-state index contributed by atoms with van der Waals surface area (Å²) < 4.78 is 55.3. The van der Waals surface area contributed by atoms with Crippen LogP contribution in [0.4, 0.5) is 32.1 Å². The number of hydrogen-bond donors (Lipinski definition) is 2. The van der Waals surface area contributed by atoms with Crippen LogP contribution in [0.3, 0.4) is 0 Å². The number of halogens is 2. The lowest BCUT2D eigenvalue weighted by Gasteiger charge is -2.22. The number of aryl methyl sites for hydroxylation is 2. The smallest absolute Gasteiger partial charge is 0.232 e. The summed E-state index contributed by atoms with van der Waals surface area (Å²) in [7, 11) is -0.596. The van der Waals surface area contributed by atoms with Gasteiger partial charge in [0.15, 0.2) is 27.3 Å². The van der Waals surface area contributed by atoms with Crippen LogP contribution in [-0.4, -0.2) is 51.7 Å². The number of H-pyrrole nitrogens is 1. The molecular weight excluding hydrogens is 490 g/mol. The molecule has 0 spiro atoms. The van der Waals surface area contributed by atoms with E-state index in [1.165, 1.54) is 7.05 Å². The second-order valence-corrected chi connectivity index (χ2v) is 11.0. The van der Waals surface area contributed by atoms with Crippen molar-refractivity contribution in [2.45, 2.75) is 30.6 Å². The summed E-state index contributed by atoms with van der Waals surface area (Å²) in [4.78, 5) is 10.0. The normalized spacial score (nSPS) is 13.7. The van der Waals surface area contributed by atoms with E-state index in [0.717, 1.165) is 53.0 Å². The molecule has 0 aliphatic heterocycles. The van der Waals surface area contributed by atoms with E-state index in [9.17, 15) is 8.42 Å². The number of hydrogen-bond acceptors (Lipinski definition) is 8. The fraction of sp³-hybridized carbons (Fsp3) is 0.304. The van der Waals surface area contributed by atoms with Crippen molar-refractivity contribution in [2.75, 3.05) is 23.5 Å². The van der Waals surface area contributed by atoms with Gasteiger partial charge >= 0.3 is 0 Å². The molecule has 4 aromatic rings. The molecule has 0 saturated heterocycles. The predicted molar refractivity (Wildman–Crippen MR) is 130 cm³/mol. The van der Waals surface area contributed by atoms with E-state index in [1.807, 2.05) is 19.2 Å². The molecule has 1 aromatic carbocycles. The van der Waals surface area contributed by atoms with Gasteiger partial charge in [-0.05, 0) is 37.8 Å². The van der Waals surface area contributed by atoms with Gasteiger partial charge in [0.1, 0.15) is 11.5 Å². The Labute approximate surface area is 206 Å². The second kappa shape index (κ2) is 8.66. The molecule has 0 amide bonds. The largest absolute Gasteiger partial charge is 0.323 e. The lowest BCUT2D eigenvalue weighted by atomic mass is 10.1. The quantitative estimate of drug-likeness (QED) is 0.380. The van der Waals surface area contributed by atoms with E-state index in [0.29, 0.717) is 17.3 Å². The Morgan fingerprint density at radius 3 is 2.39 bits per heavy atom. The van der Waals surface area contributed by atoms with Crippen molar-refractivity contribution in [3.63, 3.8) is 0 Å². The van der Waals surface area contributed by atoms with Crippen molar-refractivity contribution in [3.8, 4) is 11.3 Å². The SMILES string of the molecule is Cc1cc(Nc2nc(N(C)c3c(F)cc(S(C)(=O)=O)cc3F)nc(-c3cnn(C)c3)c2C2CC2)n[nH]1. The number of anilines is 4. The van der Waals surface area contributed by atoms with Gasteiger partial charge in [-0.25, -0.2) is 22.2 Å². The van der Waals surface area contributed by atoms with Crippen molar-refractivity contribution in [2.24, 2.45) is 7.05 Å². The van der Waals surface area contributed by atoms with Crippen molar-refractivity contribution < 1.29 is 17.2 Å². The maximum absolute atomic E-state index is 15.0.